The lowest BCUT2D eigenvalue weighted by molar-refractivity contribution is -0.111. The Morgan fingerprint density at radius 2 is 1.91 bits per heavy atom. The SMILES string of the molecule is Cc1cc(Oc2ncccc2C#N)ccc1NC(=O)/C=C/c1ccc(Oc2cccnc2)c(F)c1. The predicted octanol–water partition coefficient (Wildman–Crippen LogP) is 6.03. The number of hydrogen-bond donors (Lipinski definition) is 1. The van der Waals surface area contributed by atoms with Crippen molar-refractivity contribution in [2.24, 2.45) is 0 Å². The van der Waals surface area contributed by atoms with Gasteiger partial charge in [0.15, 0.2) is 11.6 Å². The van der Waals surface area contributed by atoms with E-state index in [1.165, 1.54) is 36.7 Å². The lowest BCUT2D eigenvalue weighted by Gasteiger charge is -2.10. The summed E-state index contributed by atoms with van der Waals surface area (Å²) in [5.74, 6) is 0.231. The van der Waals surface area contributed by atoms with Gasteiger partial charge in [-0.3, -0.25) is 9.78 Å². The average Bonchev–Trinajstić information content (AvgIpc) is 2.87. The van der Waals surface area contributed by atoms with E-state index in [2.05, 4.69) is 15.3 Å². The molecule has 0 spiro atoms. The molecule has 0 aliphatic heterocycles. The Kier molecular flexibility index (Phi) is 7.09. The van der Waals surface area contributed by atoms with Crippen LogP contribution < -0.4 is 14.8 Å². The number of nitrogens with one attached hydrogen (secondary N) is 1. The van der Waals surface area contributed by atoms with Crippen molar-refractivity contribution in [3.63, 3.8) is 0 Å². The monoisotopic (exact) mass is 466 g/mol. The van der Waals surface area contributed by atoms with Crippen molar-refractivity contribution >= 4 is 17.7 Å². The van der Waals surface area contributed by atoms with Crippen LogP contribution in [0.2, 0.25) is 0 Å². The normalized spacial score (nSPS) is 10.5. The second-order valence-electron chi connectivity index (χ2n) is 7.35. The van der Waals surface area contributed by atoms with E-state index in [0.29, 0.717) is 28.3 Å². The van der Waals surface area contributed by atoms with E-state index in [9.17, 15) is 9.18 Å². The molecule has 0 unspecified atom stereocenters. The molecule has 1 amide bonds. The zero-order valence-corrected chi connectivity index (χ0v) is 18.6. The third-order valence-electron chi connectivity index (χ3n) is 4.81. The summed E-state index contributed by atoms with van der Waals surface area (Å²) in [6.45, 7) is 1.81. The zero-order valence-electron chi connectivity index (χ0n) is 18.6. The van der Waals surface area contributed by atoms with Crippen LogP contribution in [0.15, 0.2) is 85.3 Å². The second-order valence-corrected chi connectivity index (χ2v) is 7.35. The lowest BCUT2D eigenvalue weighted by Crippen LogP contribution is -2.09. The Morgan fingerprint density at radius 1 is 1.06 bits per heavy atom. The molecule has 1 N–H and O–H groups in total. The Hall–Kier alpha value is -5.03. The smallest absolute Gasteiger partial charge is 0.248 e. The Morgan fingerprint density at radius 3 is 2.66 bits per heavy atom. The number of carbonyl (C=O) groups excluding carboxylic acids is 1. The molecule has 0 atom stereocenters. The second kappa shape index (κ2) is 10.7. The van der Waals surface area contributed by atoms with Crippen LogP contribution in [0.3, 0.4) is 0 Å². The van der Waals surface area contributed by atoms with Gasteiger partial charge in [-0.05, 0) is 78.7 Å². The molecule has 0 saturated heterocycles. The third kappa shape index (κ3) is 6.06. The summed E-state index contributed by atoms with van der Waals surface area (Å²) in [5, 5.41) is 11.9. The minimum atomic E-state index is -0.560. The van der Waals surface area contributed by atoms with Crippen LogP contribution in [0, 0.1) is 24.1 Å². The van der Waals surface area contributed by atoms with Gasteiger partial charge >= 0.3 is 0 Å². The molecular formula is C27H19FN4O3. The summed E-state index contributed by atoms with van der Waals surface area (Å²) < 4.78 is 25.6. The highest BCUT2D eigenvalue weighted by molar-refractivity contribution is 6.02. The van der Waals surface area contributed by atoms with Gasteiger partial charge in [0.2, 0.25) is 11.8 Å². The number of amides is 1. The number of nitrogens with zero attached hydrogens (tertiary/aromatic N) is 3. The topological polar surface area (TPSA) is 97.1 Å². The number of anilines is 1. The summed E-state index contributed by atoms with van der Waals surface area (Å²) in [7, 11) is 0. The van der Waals surface area contributed by atoms with Crippen molar-refractivity contribution in [2.45, 2.75) is 6.92 Å². The number of ether oxygens (including phenoxy) is 2. The molecule has 0 aliphatic rings. The van der Waals surface area contributed by atoms with Gasteiger partial charge in [0.05, 0.1) is 6.20 Å². The molecule has 8 heteroatoms. The quantitative estimate of drug-likeness (QED) is 0.334. The summed E-state index contributed by atoms with van der Waals surface area (Å²) in [4.78, 5) is 20.4. The molecule has 4 rings (SSSR count). The average molecular weight is 466 g/mol. The molecule has 2 aromatic heterocycles. The van der Waals surface area contributed by atoms with E-state index in [1.54, 1.807) is 54.7 Å². The lowest BCUT2D eigenvalue weighted by atomic mass is 10.1. The van der Waals surface area contributed by atoms with Crippen LogP contribution in [0.4, 0.5) is 10.1 Å². The number of nitriles is 1. The van der Waals surface area contributed by atoms with Crippen molar-refractivity contribution in [3.8, 4) is 29.2 Å². The fourth-order valence-corrected chi connectivity index (χ4v) is 3.09. The molecule has 0 aliphatic carbocycles. The molecule has 0 radical (unpaired) electrons. The molecule has 0 fully saturated rings. The first kappa shape index (κ1) is 23.1. The van der Waals surface area contributed by atoms with E-state index < -0.39 is 5.82 Å². The molecule has 35 heavy (non-hydrogen) atoms. The largest absolute Gasteiger partial charge is 0.453 e. The first-order valence-corrected chi connectivity index (χ1v) is 10.5. The number of aromatic nitrogens is 2. The maximum Gasteiger partial charge on any atom is 0.248 e. The van der Waals surface area contributed by atoms with Crippen molar-refractivity contribution < 1.29 is 18.7 Å². The zero-order chi connectivity index (χ0) is 24.6. The molecular weight excluding hydrogens is 447 g/mol. The standard InChI is InChI=1S/C27H19FN4O3/c1-18-14-21(35-27-20(16-29)4-2-13-31-27)8-9-24(18)32-26(33)11-7-19-6-10-25(23(28)15-19)34-22-5-3-12-30-17-22/h2-15,17H,1H3,(H,32,33)/b11-7+. The number of rotatable bonds is 7. The number of halogens is 1. The van der Waals surface area contributed by atoms with Gasteiger partial charge in [0.25, 0.3) is 0 Å². The van der Waals surface area contributed by atoms with Crippen LogP contribution in [-0.2, 0) is 4.79 Å². The van der Waals surface area contributed by atoms with Crippen molar-refractivity contribution in [3.05, 3.63) is 108 Å². The van der Waals surface area contributed by atoms with Gasteiger partial charge in [0.1, 0.15) is 23.1 Å². The van der Waals surface area contributed by atoms with E-state index in [4.69, 9.17) is 14.7 Å². The van der Waals surface area contributed by atoms with Crippen LogP contribution in [0.5, 0.6) is 23.1 Å². The number of carbonyl (C=O) groups is 1. The van der Waals surface area contributed by atoms with Gasteiger partial charge in [-0.15, -0.1) is 0 Å². The summed E-state index contributed by atoms with van der Waals surface area (Å²) in [6.07, 6.45) is 7.44. The van der Waals surface area contributed by atoms with E-state index >= 15 is 0 Å². The summed E-state index contributed by atoms with van der Waals surface area (Å²) >= 11 is 0. The van der Waals surface area contributed by atoms with Crippen LogP contribution in [-0.4, -0.2) is 15.9 Å². The van der Waals surface area contributed by atoms with Gasteiger partial charge in [0, 0.05) is 24.2 Å². The molecule has 2 heterocycles. The van der Waals surface area contributed by atoms with Crippen LogP contribution in [0.25, 0.3) is 6.08 Å². The van der Waals surface area contributed by atoms with Crippen molar-refractivity contribution in [1.29, 1.82) is 5.26 Å². The minimum absolute atomic E-state index is 0.0603. The predicted molar refractivity (Wildman–Crippen MR) is 129 cm³/mol. The number of benzene rings is 2. The van der Waals surface area contributed by atoms with Crippen molar-refractivity contribution in [1.82, 2.24) is 9.97 Å². The Labute approximate surface area is 201 Å². The minimum Gasteiger partial charge on any atom is -0.453 e. The fourth-order valence-electron chi connectivity index (χ4n) is 3.09. The highest BCUT2D eigenvalue weighted by atomic mass is 19.1. The van der Waals surface area contributed by atoms with Crippen molar-refractivity contribution in [2.75, 3.05) is 5.32 Å². The highest BCUT2D eigenvalue weighted by Crippen LogP contribution is 2.27. The summed E-state index contributed by atoms with van der Waals surface area (Å²) in [5.41, 5.74) is 2.16. The van der Waals surface area contributed by atoms with Gasteiger partial charge < -0.3 is 14.8 Å². The molecule has 4 aromatic rings. The molecule has 0 bridgehead atoms. The fraction of sp³-hybridized carbons (Fsp3) is 0.0370. The molecule has 7 nitrogen and oxygen atoms in total. The molecule has 0 saturated carbocycles. The molecule has 172 valence electrons. The van der Waals surface area contributed by atoms with Gasteiger partial charge in [-0.25, -0.2) is 9.37 Å². The van der Waals surface area contributed by atoms with E-state index in [0.717, 1.165) is 5.56 Å². The first-order valence-electron chi connectivity index (χ1n) is 10.5. The summed E-state index contributed by atoms with van der Waals surface area (Å²) in [6, 6.07) is 18.2. The number of hydrogen-bond acceptors (Lipinski definition) is 6. The van der Waals surface area contributed by atoms with Crippen LogP contribution >= 0.6 is 0 Å². The Bertz CT molecular complexity index is 1430. The maximum atomic E-state index is 14.4. The number of pyridine rings is 2. The van der Waals surface area contributed by atoms with Gasteiger partial charge in [-0.1, -0.05) is 6.07 Å². The first-order chi connectivity index (χ1) is 17.0. The van der Waals surface area contributed by atoms with E-state index in [1.807, 2.05) is 13.0 Å². The van der Waals surface area contributed by atoms with Gasteiger partial charge in [-0.2, -0.15) is 5.26 Å². The van der Waals surface area contributed by atoms with Crippen LogP contribution in [0.1, 0.15) is 16.7 Å². The van der Waals surface area contributed by atoms with E-state index in [-0.39, 0.29) is 17.5 Å². The number of aryl methyl sites for hydroxylation is 1. The Balaban J connectivity index is 1.38. The molecule has 2 aromatic carbocycles. The maximum absolute atomic E-state index is 14.4. The highest BCUT2D eigenvalue weighted by Gasteiger charge is 2.09. The third-order valence-corrected chi connectivity index (χ3v) is 4.81.